The molecule has 0 aliphatic carbocycles. The van der Waals surface area contributed by atoms with Crippen LogP contribution in [-0.4, -0.2) is 16.7 Å². The van der Waals surface area contributed by atoms with Crippen LogP contribution in [0.25, 0.3) is 11.4 Å². The number of rotatable bonds is 8. The lowest BCUT2D eigenvalue weighted by Crippen LogP contribution is -1.97. The number of unbranched alkanes of at least 4 members (excludes halogenated alkanes) is 3. The number of benzene rings is 1. The molecule has 1 aromatic carbocycles. The molecule has 0 unspecified atom stereocenters. The zero-order valence-corrected chi connectivity index (χ0v) is 12.4. The van der Waals surface area contributed by atoms with Gasteiger partial charge in [-0.25, -0.2) is 0 Å². The van der Waals surface area contributed by atoms with Crippen molar-refractivity contribution in [2.75, 3.05) is 6.61 Å². The van der Waals surface area contributed by atoms with Gasteiger partial charge in [0.2, 0.25) is 11.7 Å². The summed E-state index contributed by atoms with van der Waals surface area (Å²) in [5.41, 5.74) is 0.892. The molecule has 1 aromatic heterocycles. The number of aromatic nitrogens is 2. The van der Waals surface area contributed by atoms with Crippen LogP contribution >= 0.6 is 11.6 Å². The standard InChI is InChI=1S/C15H19ClN2O2/c1-2-3-4-5-10-19-13-8-6-12(7-9-13)15-17-14(11-16)20-18-15/h6-9H,2-5,10-11H2,1H3. The van der Waals surface area contributed by atoms with E-state index in [-0.39, 0.29) is 5.88 Å². The Morgan fingerprint density at radius 1 is 1.15 bits per heavy atom. The zero-order chi connectivity index (χ0) is 14.2. The van der Waals surface area contributed by atoms with Crippen LogP contribution in [0.15, 0.2) is 28.8 Å². The molecule has 0 aliphatic rings. The highest BCUT2D eigenvalue weighted by molar-refractivity contribution is 6.16. The van der Waals surface area contributed by atoms with Crippen LogP contribution in [0, 0.1) is 0 Å². The molecular weight excluding hydrogens is 276 g/mol. The minimum absolute atomic E-state index is 0.228. The van der Waals surface area contributed by atoms with E-state index in [0.29, 0.717) is 11.7 Å². The number of hydrogen-bond acceptors (Lipinski definition) is 4. The van der Waals surface area contributed by atoms with Crippen molar-refractivity contribution in [3.05, 3.63) is 30.2 Å². The summed E-state index contributed by atoms with van der Waals surface area (Å²) in [6.07, 6.45) is 4.82. The van der Waals surface area contributed by atoms with Crippen LogP contribution in [0.3, 0.4) is 0 Å². The predicted octanol–water partition coefficient (Wildman–Crippen LogP) is 4.43. The molecule has 0 fully saturated rings. The van der Waals surface area contributed by atoms with E-state index in [9.17, 15) is 0 Å². The van der Waals surface area contributed by atoms with E-state index >= 15 is 0 Å². The van der Waals surface area contributed by atoms with Crippen molar-refractivity contribution >= 4 is 11.6 Å². The molecular formula is C15H19ClN2O2. The zero-order valence-electron chi connectivity index (χ0n) is 11.6. The normalized spacial score (nSPS) is 10.7. The molecule has 0 saturated carbocycles. The largest absolute Gasteiger partial charge is 0.494 e. The van der Waals surface area contributed by atoms with Crippen molar-refractivity contribution in [1.82, 2.24) is 10.1 Å². The Labute approximate surface area is 124 Å². The van der Waals surface area contributed by atoms with Gasteiger partial charge in [0.25, 0.3) is 0 Å². The monoisotopic (exact) mass is 294 g/mol. The molecule has 0 atom stereocenters. The smallest absolute Gasteiger partial charge is 0.241 e. The van der Waals surface area contributed by atoms with Gasteiger partial charge in [-0.1, -0.05) is 31.3 Å². The van der Waals surface area contributed by atoms with E-state index in [1.54, 1.807) is 0 Å². The van der Waals surface area contributed by atoms with Crippen LogP contribution in [0.2, 0.25) is 0 Å². The SMILES string of the molecule is CCCCCCOc1ccc(-c2noc(CCl)n2)cc1. The third kappa shape index (κ3) is 4.23. The third-order valence-corrected chi connectivity index (χ3v) is 3.19. The third-order valence-electron chi connectivity index (χ3n) is 2.96. The van der Waals surface area contributed by atoms with Gasteiger partial charge in [0.15, 0.2) is 0 Å². The molecule has 5 heteroatoms. The summed E-state index contributed by atoms with van der Waals surface area (Å²) < 4.78 is 10.7. The van der Waals surface area contributed by atoms with Crippen LogP contribution < -0.4 is 4.74 Å². The maximum Gasteiger partial charge on any atom is 0.241 e. The first-order valence-electron chi connectivity index (χ1n) is 6.95. The van der Waals surface area contributed by atoms with Gasteiger partial charge in [-0.2, -0.15) is 4.98 Å². The molecule has 20 heavy (non-hydrogen) atoms. The van der Waals surface area contributed by atoms with Crippen LogP contribution in [-0.2, 0) is 5.88 Å². The minimum Gasteiger partial charge on any atom is -0.494 e. The molecule has 0 saturated heterocycles. The summed E-state index contributed by atoms with van der Waals surface area (Å²) in [4.78, 5) is 4.17. The second-order valence-corrected chi connectivity index (χ2v) is 4.85. The summed E-state index contributed by atoms with van der Waals surface area (Å²) in [5.74, 6) is 2.07. The van der Waals surface area contributed by atoms with Gasteiger partial charge in [0, 0.05) is 5.56 Å². The van der Waals surface area contributed by atoms with E-state index in [0.717, 1.165) is 24.3 Å². The first-order chi connectivity index (χ1) is 9.83. The lowest BCUT2D eigenvalue weighted by atomic mass is 10.2. The molecule has 1 heterocycles. The van der Waals surface area contributed by atoms with E-state index in [1.807, 2.05) is 24.3 Å². The highest BCUT2D eigenvalue weighted by Gasteiger charge is 2.07. The van der Waals surface area contributed by atoms with Gasteiger partial charge in [-0.05, 0) is 30.7 Å². The van der Waals surface area contributed by atoms with Gasteiger partial charge >= 0.3 is 0 Å². The highest BCUT2D eigenvalue weighted by atomic mass is 35.5. The second kappa shape index (κ2) is 7.90. The molecule has 2 aromatic rings. The maximum absolute atomic E-state index is 5.68. The summed E-state index contributed by atoms with van der Waals surface area (Å²) in [6, 6.07) is 7.69. The van der Waals surface area contributed by atoms with Crippen LogP contribution in [0.1, 0.15) is 38.5 Å². The summed E-state index contributed by atoms with van der Waals surface area (Å²) in [5, 5.41) is 3.87. The number of halogens is 1. The molecule has 0 radical (unpaired) electrons. The number of alkyl halides is 1. The van der Waals surface area contributed by atoms with Crippen molar-refractivity contribution in [2.45, 2.75) is 38.5 Å². The predicted molar refractivity (Wildman–Crippen MR) is 78.9 cm³/mol. The first-order valence-corrected chi connectivity index (χ1v) is 7.48. The fraction of sp³-hybridized carbons (Fsp3) is 0.467. The molecule has 0 spiro atoms. The Kier molecular flexibility index (Phi) is 5.87. The van der Waals surface area contributed by atoms with Gasteiger partial charge in [-0.15, -0.1) is 11.6 Å². The molecule has 2 rings (SSSR count). The minimum atomic E-state index is 0.228. The van der Waals surface area contributed by atoms with E-state index in [2.05, 4.69) is 17.1 Å². The Balaban J connectivity index is 1.86. The van der Waals surface area contributed by atoms with E-state index in [4.69, 9.17) is 20.9 Å². The van der Waals surface area contributed by atoms with Gasteiger partial charge in [0.05, 0.1) is 6.61 Å². The maximum atomic E-state index is 5.68. The highest BCUT2D eigenvalue weighted by Crippen LogP contribution is 2.20. The summed E-state index contributed by atoms with van der Waals surface area (Å²) >= 11 is 5.63. The summed E-state index contributed by atoms with van der Waals surface area (Å²) in [6.45, 7) is 2.96. The molecule has 0 N–H and O–H groups in total. The van der Waals surface area contributed by atoms with E-state index < -0.39 is 0 Å². The molecule has 4 nitrogen and oxygen atoms in total. The van der Waals surface area contributed by atoms with Crippen molar-refractivity contribution < 1.29 is 9.26 Å². The summed E-state index contributed by atoms with van der Waals surface area (Å²) in [7, 11) is 0. The average molecular weight is 295 g/mol. The van der Waals surface area contributed by atoms with Gasteiger partial charge in [0.1, 0.15) is 11.6 Å². The van der Waals surface area contributed by atoms with Crippen molar-refractivity contribution in [3.63, 3.8) is 0 Å². The molecule has 108 valence electrons. The van der Waals surface area contributed by atoms with Crippen LogP contribution in [0.5, 0.6) is 5.75 Å². The van der Waals surface area contributed by atoms with Gasteiger partial charge < -0.3 is 9.26 Å². The Morgan fingerprint density at radius 3 is 2.60 bits per heavy atom. The average Bonchev–Trinajstić information content (AvgIpc) is 2.97. The second-order valence-electron chi connectivity index (χ2n) is 4.58. The lowest BCUT2D eigenvalue weighted by Gasteiger charge is -2.06. The van der Waals surface area contributed by atoms with Crippen molar-refractivity contribution in [1.29, 1.82) is 0 Å². The van der Waals surface area contributed by atoms with Crippen LogP contribution in [0.4, 0.5) is 0 Å². The Morgan fingerprint density at radius 2 is 1.95 bits per heavy atom. The molecule has 0 bridgehead atoms. The fourth-order valence-corrected chi connectivity index (χ4v) is 1.95. The lowest BCUT2D eigenvalue weighted by molar-refractivity contribution is 0.305. The number of nitrogens with zero attached hydrogens (tertiary/aromatic N) is 2. The van der Waals surface area contributed by atoms with Crippen molar-refractivity contribution in [2.24, 2.45) is 0 Å². The quantitative estimate of drug-likeness (QED) is 0.533. The molecule has 0 aliphatic heterocycles. The van der Waals surface area contributed by atoms with Crippen molar-refractivity contribution in [3.8, 4) is 17.1 Å². The first kappa shape index (κ1) is 14.9. The number of ether oxygens (including phenoxy) is 1. The Bertz CT molecular complexity index is 511. The Hall–Kier alpha value is -1.55. The number of hydrogen-bond donors (Lipinski definition) is 0. The molecule has 0 amide bonds. The topological polar surface area (TPSA) is 48.2 Å². The fourth-order valence-electron chi connectivity index (χ4n) is 1.85. The van der Waals surface area contributed by atoms with E-state index in [1.165, 1.54) is 19.3 Å². The van der Waals surface area contributed by atoms with Gasteiger partial charge in [-0.3, -0.25) is 0 Å².